The van der Waals surface area contributed by atoms with Crippen molar-refractivity contribution in [1.82, 2.24) is 15.1 Å². The van der Waals surface area contributed by atoms with Crippen LogP contribution < -0.4 is 5.32 Å². The van der Waals surface area contributed by atoms with Crippen LogP contribution in [-0.4, -0.2) is 66.2 Å². The van der Waals surface area contributed by atoms with Crippen molar-refractivity contribution >= 4 is 52.9 Å². The fourth-order valence-corrected chi connectivity index (χ4v) is 4.26. The van der Waals surface area contributed by atoms with Gasteiger partial charge in [-0.1, -0.05) is 23.8 Å². The second kappa shape index (κ2) is 10.1. The SMILES string of the molecule is CCNC(=NCC(O)c1ccc(Cl)s1)N1CCC(N2CC=CC2)C1.I. The number of aliphatic imine (C=N–C) groups is 1. The lowest BCUT2D eigenvalue weighted by Crippen LogP contribution is -2.43. The highest BCUT2D eigenvalue weighted by Crippen LogP contribution is 2.27. The minimum absolute atomic E-state index is 0. The smallest absolute Gasteiger partial charge is 0.194 e. The quantitative estimate of drug-likeness (QED) is 0.285. The highest BCUT2D eigenvalue weighted by atomic mass is 127. The van der Waals surface area contributed by atoms with Crippen LogP contribution in [0.15, 0.2) is 29.3 Å². The molecule has 1 saturated heterocycles. The van der Waals surface area contributed by atoms with Crippen molar-refractivity contribution in [3.05, 3.63) is 33.5 Å². The summed E-state index contributed by atoms with van der Waals surface area (Å²) in [5.41, 5.74) is 0. The number of nitrogens with one attached hydrogen (secondary N) is 1. The normalized spacial score (nSPS) is 22.3. The van der Waals surface area contributed by atoms with Crippen LogP contribution in [0, 0.1) is 0 Å². The molecule has 2 aliphatic heterocycles. The zero-order valence-corrected chi connectivity index (χ0v) is 18.3. The van der Waals surface area contributed by atoms with Gasteiger partial charge in [-0.15, -0.1) is 35.3 Å². The largest absolute Gasteiger partial charge is 0.386 e. The van der Waals surface area contributed by atoms with E-state index in [-0.39, 0.29) is 24.0 Å². The van der Waals surface area contributed by atoms with Gasteiger partial charge in [0.05, 0.1) is 10.9 Å². The first-order valence-corrected chi connectivity index (χ1v) is 9.72. The molecule has 0 bridgehead atoms. The maximum atomic E-state index is 10.3. The zero-order chi connectivity index (χ0) is 16.9. The molecule has 140 valence electrons. The molecule has 2 unspecified atom stereocenters. The van der Waals surface area contributed by atoms with Crippen LogP contribution in [0.2, 0.25) is 4.34 Å². The Hall–Kier alpha value is -0.350. The van der Waals surface area contributed by atoms with E-state index in [1.54, 1.807) is 0 Å². The van der Waals surface area contributed by atoms with Crippen molar-refractivity contribution in [3.63, 3.8) is 0 Å². The molecule has 8 heteroatoms. The number of aliphatic hydroxyl groups excluding tert-OH is 1. The first-order valence-electron chi connectivity index (χ1n) is 8.53. The Bertz CT molecular complexity index is 601. The maximum absolute atomic E-state index is 10.3. The fraction of sp³-hybridized carbons (Fsp3) is 0.588. The van der Waals surface area contributed by atoms with Crippen molar-refractivity contribution < 1.29 is 5.11 Å². The Morgan fingerprint density at radius 1 is 1.44 bits per heavy atom. The molecular formula is C17H26ClIN4OS. The predicted octanol–water partition coefficient (Wildman–Crippen LogP) is 2.96. The van der Waals surface area contributed by atoms with E-state index in [9.17, 15) is 5.11 Å². The van der Waals surface area contributed by atoms with Gasteiger partial charge in [-0.05, 0) is 25.5 Å². The summed E-state index contributed by atoms with van der Waals surface area (Å²) >= 11 is 7.35. The van der Waals surface area contributed by atoms with Gasteiger partial charge in [0.1, 0.15) is 6.10 Å². The van der Waals surface area contributed by atoms with Crippen molar-refractivity contribution in [2.75, 3.05) is 39.3 Å². The van der Waals surface area contributed by atoms with Gasteiger partial charge in [0.25, 0.3) is 0 Å². The Balaban J connectivity index is 0.00000225. The summed E-state index contributed by atoms with van der Waals surface area (Å²) in [5.74, 6) is 0.897. The van der Waals surface area contributed by atoms with Crippen molar-refractivity contribution in [2.45, 2.75) is 25.5 Å². The average Bonchev–Trinajstić information content (AvgIpc) is 3.30. The van der Waals surface area contributed by atoms with Crippen LogP contribution in [0.25, 0.3) is 0 Å². The van der Waals surface area contributed by atoms with E-state index >= 15 is 0 Å². The Morgan fingerprint density at radius 3 is 2.84 bits per heavy atom. The van der Waals surface area contributed by atoms with Gasteiger partial charge in [-0.2, -0.15) is 0 Å². The maximum Gasteiger partial charge on any atom is 0.194 e. The van der Waals surface area contributed by atoms with Crippen LogP contribution in [0.5, 0.6) is 0 Å². The molecule has 3 heterocycles. The highest BCUT2D eigenvalue weighted by molar-refractivity contribution is 14.0. The molecule has 1 fully saturated rings. The number of hydrogen-bond donors (Lipinski definition) is 2. The summed E-state index contributed by atoms with van der Waals surface area (Å²) in [5, 5.41) is 13.7. The summed E-state index contributed by atoms with van der Waals surface area (Å²) in [7, 11) is 0. The van der Waals surface area contributed by atoms with E-state index in [0.717, 1.165) is 50.0 Å². The van der Waals surface area contributed by atoms with Crippen molar-refractivity contribution in [2.24, 2.45) is 4.99 Å². The molecule has 0 amide bonds. The van der Waals surface area contributed by atoms with Gasteiger partial charge in [0.2, 0.25) is 0 Å². The number of nitrogens with zero attached hydrogens (tertiary/aromatic N) is 3. The molecule has 25 heavy (non-hydrogen) atoms. The number of rotatable bonds is 5. The molecule has 2 atom stereocenters. The molecule has 0 spiro atoms. The van der Waals surface area contributed by atoms with Crippen molar-refractivity contribution in [1.29, 1.82) is 0 Å². The van der Waals surface area contributed by atoms with Gasteiger partial charge < -0.3 is 15.3 Å². The Kier molecular flexibility index (Phi) is 8.47. The van der Waals surface area contributed by atoms with Gasteiger partial charge in [-0.3, -0.25) is 9.89 Å². The minimum Gasteiger partial charge on any atom is -0.386 e. The van der Waals surface area contributed by atoms with Crippen molar-refractivity contribution in [3.8, 4) is 0 Å². The minimum atomic E-state index is -0.600. The van der Waals surface area contributed by atoms with Gasteiger partial charge in [0, 0.05) is 43.6 Å². The summed E-state index contributed by atoms with van der Waals surface area (Å²) in [6.45, 7) is 7.37. The lowest BCUT2D eigenvalue weighted by Gasteiger charge is -2.25. The molecule has 0 saturated carbocycles. The molecular weight excluding hydrogens is 471 g/mol. The first kappa shape index (κ1) is 21.0. The first-order chi connectivity index (χ1) is 11.7. The van der Waals surface area contributed by atoms with Gasteiger partial charge in [0.15, 0.2) is 5.96 Å². The summed E-state index contributed by atoms with van der Waals surface area (Å²) in [4.78, 5) is 10.3. The Morgan fingerprint density at radius 2 is 2.20 bits per heavy atom. The predicted molar refractivity (Wildman–Crippen MR) is 116 cm³/mol. The highest BCUT2D eigenvalue weighted by Gasteiger charge is 2.29. The van der Waals surface area contributed by atoms with Gasteiger partial charge >= 0.3 is 0 Å². The van der Waals surface area contributed by atoms with E-state index in [0.29, 0.717) is 16.9 Å². The molecule has 3 rings (SSSR count). The molecule has 1 aromatic rings. The third-order valence-electron chi connectivity index (χ3n) is 4.50. The van der Waals surface area contributed by atoms with Gasteiger partial charge in [-0.25, -0.2) is 0 Å². The summed E-state index contributed by atoms with van der Waals surface area (Å²) in [6.07, 6.45) is 5.04. The molecule has 0 aromatic carbocycles. The van der Waals surface area contributed by atoms with Crippen LogP contribution in [-0.2, 0) is 0 Å². The third kappa shape index (κ3) is 5.56. The fourth-order valence-electron chi connectivity index (χ4n) is 3.22. The van der Waals surface area contributed by atoms with E-state index < -0.39 is 6.10 Å². The van der Waals surface area contributed by atoms with Crippen LogP contribution in [0.1, 0.15) is 24.3 Å². The van der Waals surface area contributed by atoms with E-state index in [1.807, 2.05) is 12.1 Å². The second-order valence-corrected chi connectivity index (χ2v) is 7.91. The third-order valence-corrected chi connectivity index (χ3v) is 5.83. The standard InChI is InChI=1S/C17H25ClN4OS.HI/c1-2-19-17(20-11-14(23)15-5-6-16(18)24-15)22-10-7-13(12-22)21-8-3-4-9-21;/h3-6,13-14,23H,2,7-12H2,1H3,(H,19,20);1H. The molecule has 2 N–H and O–H groups in total. The van der Waals surface area contributed by atoms with E-state index in [1.165, 1.54) is 11.3 Å². The number of likely N-dealkylation sites (tertiary alicyclic amines) is 1. The number of thiophene rings is 1. The summed E-state index contributed by atoms with van der Waals surface area (Å²) in [6, 6.07) is 4.27. The molecule has 0 aliphatic carbocycles. The number of guanidine groups is 1. The molecule has 5 nitrogen and oxygen atoms in total. The van der Waals surface area contributed by atoms with E-state index in [4.69, 9.17) is 11.6 Å². The van der Waals surface area contributed by atoms with Crippen LogP contribution in [0.3, 0.4) is 0 Å². The monoisotopic (exact) mass is 496 g/mol. The Labute approximate surface area is 175 Å². The molecule has 0 radical (unpaired) electrons. The second-order valence-electron chi connectivity index (χ2n) is 6.17. The van der Waals surface area contributed by atoms with Crippen LogP contribution >= 0.6 is 46.9 Å². The number of halogens is 2. The molecule has 2 aliphatic rings. The van der Waals surface area contributed by atoms with Crippen LogP contribution in [0.4, 0.5) is 0 Å². The number of aliphatic hydroxyl groups is 1. The molecule has 1 aromatic heterocycles. The van der Waals surface area contributed by atoms with E-state index in [2.05, 4.69) is 39.2 Å². The lowest BCUT2D eigenvalue weighted by atomic mass is 10.2. The zero-order valence-electron chi connectivity index (χ0n) is 14.4. The topological polar surface area (TPSA) is 51.1 Å². The summed E-state index contributed by atoms with van der Waals surface area (Å²) < 4.78 is 0.696. The number of hydrogen-bond acceptors (Lipinski definition) is 4. The average molecular weight is 497 g/mol. The lowest BCUT2D eigenvalue weighted by molar-refractivity contribution is 0.190.